The second kappa shape index (κ2) is 4.96. The summed E-state index contributed by atoms with van der Waals surface area (Å²) in [5.74, 6) is 1.47. The van der Waals surface area contributed by atoms with Crippen molar-refractivity contribution >= 4 is 11.6 Å². The molecular formula is C8H16ClNO. The summed E-state index contributed by atoms with van der Waals surface area (Å²) in [4.78, 5) is 2.27. The minimum Gasteiger partial charge on any atom is -0.381 e. The Morgan fingerprint density at radius 2 is 2.45 bits per heavy atom. The fourth-order valence-corrected chi connectivity index (χ4v) is 1.69. The molecule has 66 valence electrons. The van der Waals surface area contributed by atoms with Crippen molar-refractivity contribution in [2.45, 2.75) is 6.42 Å². The van der Waals surface area contributed by atoms with E-state index in [1.54, 1.807) is 0 Å². The van der Waals surface area contributed by atoms with Gasteiger partial charge in [0.05, 0.1) is 6.61 Å². The lowest BCUT2D eigenvalue weighted by Gasteiger charge is -2.18. The first-order valence-corrected chi connectivity index (χ1v) is 4.68. The first-order valence-electron chi connectivity index (χ1n) is 4.15. The lowest BCUT2D eigenvalue weighted by molar-refractivity contribution is 0.175. The van der Waals surface area contributed by atoms with Crippen molar-refractivity contribution in [3.8, 4) is 0 Å². The Morgan fingerprint density at radius 3 is 3.00 bits per heavy atom. The number of alkyl halides is 1. The van der Waals surface area contributed by atoms with Crippen LogP contribution in [0.1, 0.15) is 6.42 Å². The predicted octanol–water partition coefficient (Wildman–Crippen LogP) is 1.19. The molecule has 0 N–H and O–H groups in total. The topological polar surface area (TPSA) is 12.5 Å². The summed E-state index contributed by atoms with van der Waals surface area (Å²) in [7, 11) is 2.11. The zero-order chi connectivity index (χ0) is 8.10. The summed E-state index contributed by atoms with van der Waals surface area (Å²) in [5, 5.41) is 0. The normalized spacial score (nSPS) is 24.8. The number of rotatable bonds is 4. The first-order chi connectivity index (χ1) is 5.33. The molecule has 1 saturated heterocycles. The summed E-state index contributed by atoms with van der Waals surface area (Å²) < 4.78 is 5.28. The maximum atomic E-state index is 5.61. The molecule has 2 nitrogen and oxygen atoms in total. The van der Waals surface area contributed by atoms with Gasteiger partial charge in [0.25, 0.3) is 0 Å². The summed E-state index contributed by atoms with van der Waals surface area (Å²) >= 11 is 5.61. The molecule has 0 aromatic carbocycles. The summed E-state index contributed by atoms with van der Waals surface area (Å²) in [5.41, 5.74) is 0. The van der Waals surface area contributed by atoms with Gasteiger partial charge in [0.1, 0.15) is 0 Å². The van der Waals surface area contributed by atoms with Crippen LogP contribution in [-0.2, 0) is 4.74 Å². The highest BCUT2D eigenvalue weighted by Gasteiger charge is 2.16. The Balaban J connectivity index is 2.08. The van der Waals surface area contributed by atoms with Crippen molar-refractivity contribution in [1.29, 1.82) is 0 Å². The third-order valence-electron chi connectivity index (χ3n) is 2.06. The monoisotopic (exact) mass is 177 g/mol. The molecule has 1 aliphatic rings. The second-order valence-corrected chi connectivity index (χ2v) is 3.56. The van der Waals surface area contributed by atoms with Gasteiger partial charge in [-0.05, 0) is 19.4 Å². The smallest absolute Gasteiger partial charge is 0.0507 e. The molecule has 0 saturated carbocycles. The van der Waals surface area contributed by atoms with Crippen LogP contribution in [0.2, 0.25) is 0 Å². The lowest BCUT2D eigenvalue weighted by Crippen LogP contribution is -2.27. The van der Waals surface area contributed by atoms with E-state index in [-0.39, 0.29) is 0 Å². The van der Waals surface area contributed by atoms with Crippen molar-refractivity contribution in [3.05, 3.63) is 0 Å². The first kappa shape index (κ1) is 9.30. The number of nitrogens with zero attached hydrogens (tertiary/aromatic N) is 1. The molecule has 11 heavy (non-hydrogen) atoms. The maximum absolute atomic E-state index is 5.61. The Kier molecular flexibility index (Phi) is 4.20. The highest BCUT2D eigenvalue weighted by molar-refractivity contribution is 6.18. The van der Waals surface area contributed by atoms with Gasteiger partial charge in [0, 0.05) is 25.6 Å². The maximum Gasteiger partial charge on any atom is 0.0507 e. The molecule has 0 amide bonds. The molecule has 1 rings (SSSR count). The van der Waals surface area contributed by atoms with Gasteiger partial charge in [-0.25, -0.2) is 0 Å². The molecule has 0 bridgehead atoms. The largest absolute Gasteiger partial charge is 0.381 e. The van der Waals surface area contributed by atoms with E-state index in [9.17, 15) is 0 Å². The Morgan fingerprint density at radius 1 is 1.64 bits per heavy atom. The molecule has 3 heteroatoms. The van der Waals surface area contributed by atoms with Gasteiger partial charge < -0.3 is 9.64 Å². The van der Waals surface area contributed by atoms with Gasteiger partial charge in [-0.1, -0.05) is 0 Å². The van der Waals surface area contributed by atoms with Crippen LogP contribution >= 0.6 is 11.6 Å². The molecule has 0 radical (unpaired) electrons. The van der Waals surface area contributed by atoms with Crippen molar-refractivity contribution in [3.63, 3.8) is 0 Å². The number of hydrogen-bond acceptors (Lipinski definition) is 2. The molecule has 1 atom stereocenters. The van der Waals surface area contributed by atoms with E-state index in [2.05, 4.69) is 11.9 Å². The molecule has 1 unspecified atom stereocenters. The average molecular weight is 178 g/mol. The van der Waals surface area contributed by atoms with E-state index in [0.717, 1.165) is 38.1 Å². The number of hydrogen-bond donors (Lipinski definition) is 0. The van der Waals surface area contributed by atoms with Gasteiger partial charge in [0.15, 0.2) is 0 Å². The lowest BCUT2D eigenvalue weighted by atomic mass is 10.1. The molecular weight excluding hydrogens is 162 g/mol. The van der Waals surface area contributed by atoms with Crippen LogP contribution < -0.4 is 0 Å². The number of halogens is 1. The van der Waals surface area contributed by atoms with Crippen LogP contribution in [0.4, 0.5) is 0 Å². The molecule has 0 aromatic heterocycles. The van der Waals surface area contributed by atoms with Gasteiger partial charge in [-0.15, -0.1) is 11.6 Å². The van der Waals surface area contributed by atoms with Gasteiger partial charge in [0.2, 0.25) is 0 Å². The Labute approximate surface area is 73.5 Å². The molecule has 1 aliphatic heterocycles. The SMILES string of the molecule is CN(CCCl)CC1CCOC1. The highest BCUT2D eigenvalue weighted by Crippen LogP contribution is 2.12. The van der Waals surface area contributed by atoms with Crippen LogP contribution in [0, 0.1) is 5.92 Å². The standard InChI is InChI=1S/C8H16ClNO/c1-10(4-3-9)6-8-2-5-11-7-8/h8H,2-7H2,1H3. The molecule has 1 fully saturated rings. The van der Waals surface area contributed by atoms with Crippen molar-refractivity contribution < 1.29 is 4.74 Å². The quantitative estimate of drug-likeness (QED) is 0.599. The van der Waals surface area contributed by atoms with Crippen molar-refractivity contribution in [2.24, 2.45) is 5.92 Å². The van der Waals surface area contributed by atoms with Crippen LogP contribution in [0.15, 0.2) is 0 Å². The van der Waals surface area contributed by atoms with Gasteiger partial charge in [-0.3, -0.25) is 0 Å². The van der Waals surface area contributed by atoms with Crippen LogP contribution in [0.5, 0.6) is 0 Å². The highest BCUT2D eigenvalue weighted by atomic mass is 35.5. The minimum absolute atomic E-state index is 0.726. The van der Waals surface area contributed by atoms with Crippen LogP contribution in [-0.4, -0.2) is 44.1 Å². The predicted molar refractivity (Wildman–Crippen MR) is 47.1 cm³/mol. The van der Waals surface area contributed by atoms with Gasteiger partial charge >= 0.3 is 0 Å². The van der Waals surface area contributed by atoms with Crippen molar-refractivity contribution in [2.75, 3.05) is 39.2 Å². The molecule has 0 aromatic rings. The van der Waals surface area contributed by atoms with E-state index < -0.39 is 0 Å². The van der Waals surface area contributed by atoms with E-state index >= 15 is 0 Å². The third-order valence-corrected chi connectivity index (χ3v) is 2.23. The van der Waals surface area contributed by atoms with E-state index in [1.807, 2.05) is 0 Å². The van der Waals surface area contributed by atoms with E-state index in [1.165, 1.54) is 6.42 Å². The minimum atomic E-state index is 0.726. The fourth-order valence-electron chi connectivity index (χ4n) is 1.40. The third kappa shape index (κ3) is 3.41. The van der Waals surface area contributed by atoms with Crippen LogP contribution in [0.3, 0.4) is 0 Å². The molecule has 1 heterocycles. The summed E-state index contributed by atoms with van der Waals surface area (Å²) in [6.07, 6.45) is 1.21. The van der Waals surface area contributed by atoms with Crippen LogP contribution in [0.25, 0.3) is 0 Å². The molecule has 0 aliphatic carbocycles. The second-order valence-electron chi connectivity index (χ2n) is 3.18. The van der Waals surface area contributed by atoms with Gasteiger partial charge in [-0.2, -0.15) is 0 Å². The number of ether oxygens (including phenoxy) is 1. The zero-order valence-corrected chi connectivity index (χ0v) is 7.81. The Hall–Kier alpha value is 0.210. The average Bonchev–Trinajstić information content (AvgIpc) is 2.40. The van der Waals surface area contributed by atoms with Crippen molar-refractivity contribution in [1.82, 2.24) is 4.90 Å². The fraction of sp³-hybridized carbons (Fsp3) is 1.00. The Bertz CT molecular complexity index is 104. The summed E-state index contributed by atoms with van der Waals surface area (Å²) in [6, 6.07) is 0. The summed E-state index contributed by atoms with van der Waals surface area (Å²) in [6.45, 7) is 4.00. The van der Waals surface area contributed by atoms with E-state index in [4.69, 9.17) is 16.3 Å². The van der Waals surface area contributed by atoms with E-state index in [0.29, 0.717) is 0 Å². The molecule has 0 spiro atoms. The zero-order valence-electron chi connectivity index (χ0n) is 7.05.